The molecule has 1 fully saturated rings. The first kappa shape index (κ1) is 14.2. The van der Waals surface area contributed by atoms with Crippen LogP contribution in [0.25, 0.3) is 0 Å². The lowest BCUT2D eigenvalue weighted by Crippen LogP contribution is -2.37. The fourth-order valence-corrected chi connectivity index (χ4v) is 2.64. The van der Waals surface area contributed by atoms with Crippen molar-refractivity contribution in [3.63, 3.8) is 0 Å². The van der Waals surface area contributed by atoms with Gasteiger partial charge in [0.25, 0.3) is 0 Å². The van der Waals surface area contributed by atoms with Gasteiger partial charge in [0.05, 0.1) is 0 Å². The highest BCUT2D eigenvalue weighted by Crippen LogP contribution is 2.20. The average molecular weight is 263 g/mol. The summed E-state index contributed by atoms with van der Waals surface area (Å²) in [5.74, 6) is 1.67. The Hall–Kier alpha value is -1.20. The van der Waals surface area contributed by atoms with Crippen LogP contribution in [0.3, 0.4) is 0 Å². The standard InChI is InChI=1S/C14H25N5/c1-18(2)11-12-4-7-19(8-5-12)14-16-9-13(3-6-15)10-17-14/h9-10,12H,3-8,11,15H2,1-2H3. The Balaban J connectivity index is 1.87. The Morgan fingerprint density at radius 2 is 1.89 bits per heavy atom. The van der Waals surface area contributed by atoms with Gasteiger partial charge in [0.15, 0.2) is 0 Å². The van der Waals surface area contributed by atoms with Crippen molar-refractivity contribution in [3.8, 4) is 0 Å². The molecule has 1 aromatic heterocycles. The van der Waals surface area contributed by atoms with Crippen LogP contribution in [0.1, 0.15) is 18.4 Å². The van der Waals surface area contributed by atoms with Gasteiger partial charge >= 0.3 is 0 Å². The summed E-state index contributed by atoms with van der Waals surface area (Å²) in [7, 11) is 4.29. The van der Waals surface area contributed by atoms with Crippen molar-refractivity contribution in [1.29, 1.82) is 0 Å². The molecule has 1 aliphatic heterocycles. The number of rotatable bonds is 5. The van der Waals surface area contributed by atoms with Crippen molar-refractivity contribution in [1.82, 2.24) is 14.9 Å². The molecule has 5 nitrogen and oxygen atoms in total. The number of aromatic nitrogens is 2. The smallest absolute Gasteiger partial charge is 0.225 e. The Kier molecular flexibility index (Phi) is 5.10. The molecule has 0 saturated carbocycles. The van der Waals surface area contributed by atoms with E-state index in [1.807, 2.05) is 12.4 Å². The molecule has 19 heavy (non-hydrogen) atoms. The third kappa shape index (κ3) is 4.14. The minimum atomic E-state index is 0.651. The minimum absolute atomic E-state index is 0.651. The van der Waals surface area contributed by atoms with Gasteiger partial charge < -0.3 is 15.5 Å². The summed E-state index contributed by atoms with van der Waals surface area (Å²) in [4.78, 5) is 13.5. The zero-order valence-electron chi connectivity index (χ0n) is 12.0. The van der Waals surface area contributed by atoms with Crippen molar-refractivity contribution in [3.05, 3.63) is 18.0 Å². The Morgan fingerprint density at radius 1 is 1.26 bits per heavy atom. The van der Waals surface area contributed by atoms with Gasteiger partial charge in [-0.25, -0.2) is 9.97 Å². The van der Waals surface area contributed by atoms with Crippen LogP contribution < -0.4 is 10.6 Å². The minimum Gasteiger partial charge on any atom is -0.341 e. The van der Waals surface area contributed by atoms with Gasteiger partial charge in [-0.15, -0.1) is 0 Å². The largest absolute Gasteiger partial charge is 0.341 e. The molecule has 0 spiro atoms. The molecule has 5 heteroatoms. The van der Waals surface area contributed by atoms with E-state index in [4.69, 9.17) is 5.73 Å². The number of anilines is 1. The topological polar surface area (TPSA) is 58.3 Å². The average Bonchev–Trinajstić information content (AvgIpc) is 2.40. The fraction of sp³-hybridized carbons (Fsp3) is 0.714. The lowest BCUT2D eigenvalue weighted by molar-refractivity contribution is 0.284. The van der Waals surface area contributed by atoms with Crippen LogP contribution in [-0.4, -0.2) is 55.1 Å². The zero-order valence-corrected chi connectivity index (χ0v) is 12.0. The first-order valence-corrected chi connectivity index (χ1v) is 7.09. The molecule has 2 heterocycles. The lowest BCUT2D eigenvalue weighted by Gasteiger charge is -2.33. The molecule has 2 N–H and O–H groups in total. The summed E-state index contributed by atoms with van der Waals surface area (Å²) in [6, 6.07) is 0. The number of nitrogens with two attached hydrogens (primary N) is 1. The van der Waals surface area contributed by atoms with E-state index in [0.29, 0.717) is 6.54 Å². The van der Waals surface area contributed by atoms with Gasteiger partial charge in [-0.05, 0) is 51.4 Å². The molecule has 2 rings (SSSR count). The summed E-state index contributed by atoms with van der Waals surface area (Å²) in [5, 5.41) is 0. The van der Waals surface area contributed by atoms with E-state index < -0.39 is 0 Å². The number of hydrogen-bond donors (Lipinski definition) is 1. The molecule has 1 aliphatic rings. The molecular weight excluding hydrogens is 238 g/mol. The monoisotopic (exact) mass is 263 g/mol. The molecule has 0 amide bonds. The van der Waals surface area contributed by atoms with Gasteiger partial charge in [0.1, 0.15) is 0 Å². The maximum atomic E-state index is 5.53. The van der Waals surface area contributed by atoms with E-state index in [2.05, 4.69) is 33.9 Å². The van der Waals surface area contributed by atoms with E-state index in [9.17, 15) is 0 Å². The van der Waals surface area contributed by atoms with Crippen molar-refractivity contribution in [2.75, 3.05) is 45.2 Å². The van der Waals surface area contributed by atoms with Gasteiger partial charge in [0, 0.05) is 32.0 Å². The lowest BCUT2D eigenvalue weighted by atomic mass is 9.97. The first-order valence-electron chi connectivity index (χ1n) is 7.09. The molecule has 106 valence electrons. The van der Waals surface area contributed by atoms with Gasteiger partial charge in [-0.2, -0.15) is 0 Å². The summed E-state index contributed by atoms with van der Waals surface area (Å²) >= 11 is 0. The predicted octanol–water partition coefficient (Wildman–Crippen LogP) is 0.756. The summed E-state index contributed by atoms with van der Waals surface area (Å²) in [6.07, 6.45) is 7.12. The fourth-order valence-electron chi connectivity index (χ4n) is 2.64. The van der Waals surface area contributed by atoms with Crippen LogP contribution in [0, 0.1) is 5.92 Å². The first-order chi connectivity index (χ1) is 9.19. The highest BCUT2D eigenvalue weighted by molar-refractivity contribution is 5.30. The SMILES string of the molecule is CN(C)CC1CCN(c2ncc(CCN)cn2)CC1. The van der Waals surface area contributed by atoms with E-state index in [-0.39, 0.29) is 0 Å². The number of hydrogen-bond acceptors (Lipinski definition) is 5. The van der Waals surface area contributed by atoms with Gasteiger partial charge in [0.2, 0.25) is 5.95 Å². The summed E-state index contributed by atoms with van der Waals surface area (Å²) < 4.78 is 0. The van der Waals surface area contributed by atoms with E-state index in [0.717, 1.165) is 36.9 Å². The zero-order chi connectivity index (χ0) is 13.7. The Labute approximate surface area is 115 Å². The molecule has 0 aromatic carbocycles. The Morgan fingerprint density at radius 3 is 2.42 bits per heavy atom. The number of nitrogens with zero attached hydrogens (tertiary/aromatic N) is 4. The van der Waals surface area contributed by atoms with Crippen molar-refractivity contribution in [2.45, 2.75) is 19.3 Å². The van der Waals surface area contributed by atoms with E-state index in [1.165, 1.54) is 19.4 Å². The highest BCUT2D eigenvalue weighted by Gasteiger charge is 2.21. The summed E-state index contributed by atoms with van der Waals surface area (Å²) in [6.45, 7) is 3.96. The third-order valence-electron chi connectivity index (χ3n) is 3.65. The second-order valence-corrected chi connectivity index (χ2v) is 5.62. The molecule has 1 saturated heterocycles. The Bertz CT molecular complexity index is 368. The van der Waals surface area contributed by atoms with Crippen LogP contribution in [0.2, 0.25) is 0 Å². The third-order valence-corrected chi connectivity index (χ3v) is 3.65. The summed E-state index contributed by atoms with van der Waals surface area (Å²) in [5.41, 5.74) is 6.65. The molecule has 0 bridgehead atoms. The van der Waals surface area contributed by atoms with Gasteiger partial charge in [-0.1, -0.05) is 0 Å². The molecule has 1 aromatic rings. The molecule has 0 aliphatic carbocycles. The van der Waals surface area contributed by atoms with Gasteiger partial charge in [-0.3, -0.25) is 0 Å². The molecule has 0 radical (unpaired) electrons. The van der Waals surface area contributed by atoms with E-state index in [1.54, 1.807) is 0 Å². The van der Waals surface area contributed by atoms with Crippen LogP contribution in [0.5, 0.6) is 0 Å². The normalized spacial score (nSPS) is 17.2. The molecular formula is C14H25N5. The van der Waals surface area contributed by atoms with Crippen LogP contribution in [0.4, 0.5) is 5.95 Å². The van der Waals surface area contributed by atoms with Crippen LogP contribution in [0.15, 0.2) is 12.4 Å². The molecule has 0 atom stereocenters. The number of piperidine rings is 1. The predicted molar refractivity (Wildman–Crippen MR) is 78.3 cm³/mol. The second-order valence-electron chi connectivity index (χ2n) is 5.62. The maximum absolute atomic E-state index is 5.53. The second kappa shape index (κ2) is 6.82. The van der Waals surface area contributed by atoms with Crippen LogP contribution in [-0.2, 0) is 6.42 Å². The maximum Gasteiger partial charge on any atom is 0.225 e. The van der Waals surface area contributed by atoms with Crippen LogP contribution >= 0.6 is 0 Å². The molecule has 0 unspecified atom stereocenters. The van der Waals surface area contributed by atoms with Crippen molar-refractivity contribution < 1.29 is 0 Å². The van der Waals surface area contributed by atoms with E-state index >= 15 is 0 Å². The van der Waals surface area contributed by atoms with Crippen molar-refractivity contribution in [2.24, 2.45) is 11.7 Å². The highest BCUT2D eigenvalue weighted by atomic mass is 15.2. The quantitative estimate of drug-likeness (QED) is 0.850. The van der Waals surface area contributed by atoms with Crippen molar-refractivity contribution >= 4 is 5.95 Å².